The lowest BCUT2D eigenvalue weighted by atomic mass is 10.1. The molecule has 0 saturated carbocycles. The number of alkyl halides is 1. The van der Waals surface area contributed by atoms with Crippen molar-refractivity contribution >= 4 is 21.8 Å². The minimum absolute atomic E-state index is 0.508. The van der Waals surface area contributed by atoms with Crippen molar-refractivity contribution in [2.75, 3.05) is 0 Å². The molecule has 0 saturated heterocycles. The van der Waals surface area contributed by atoms with Crippen LogP contribution in [0.15, 0.2) is 18.2 Å². The Balaban J connectivity index is 3.21. The third kappa shape index (κ3) is 3.12. The molecule has 1 aromatic rings. The van der Waals surface area contributed by atoms with E-state index in [2.05, 4.69) is 27.8 Å². The Kier molecular flexibility index (Phi) is 3.91. The zero-order valence-electron chi connectivity index (χ0n) is 7.75. The fraction of sp³-hybridized carbons (Fsp3) is 0.0909. The van der Waals surface area contributed by atoms with Crippen LogP contribution in [0.5, 0.6) is 0 Å². The number of carbonyl (C=O) groups is 1. The second kappa shape index (κ2) is 5.19. The Bertz CT molecular complexity index is 492. The topological polar surface area (TPSA) is 66.9 Å². The van der Waals surface area contributed by atoms with E-state index >= 15 is 0 Å². The van der Waals surface area contributed by atoms with Crippen LogP contribution in [0.1, 0.15) is 16.7 Å². The molecule has 0 unspecified atom stereocenters. The van der Waals surface area contributed by atoms with E-state index in [-0.39, 0.29) is 0 Å². The van der Waals surface area contributed by atoms with Gasteiger partial charge in [-0.3, -0.25) is 4.79 Å². The second-order valence-electron chi connectivity index (χ2n) is 2.73. The molecule has 3 nitrogen and oxygen atoms in total. The van der Waals surface area contributed by atoms with E-state index in [4.69, 9.17) is 11.0 Å². The molecule has 4 heteroatoms. The summed E-state index contributed by atoms with van der Waals surface area (Å²) in [7, 11) is 0. The van der Waals surface area contributed by atoms with Crippen molar-refractivity contribution in [3.8, 4) is 17.9 Å². The maximum absolute atomic E-state index is 10.5. The van der Waals surface area contributed by atoms with E-state index in [1.54, 1.807) is 18.2 Å². The van der Waals surface area contributed by atoms with E-state index in [1.807, 2.05) is 6.07 Å². The van der Waals surface area contributed by atoms with E-state index < -0.39 is 5.91 Å². The molecule has 0 aliphatic heterocycles. The zero-order chi connectivity index (χ0) is 11.3. The largest absolute Gasteiger partial charge is 0.359 e. The molecular weight excluding hydrogens is 256 g/mol. The van der Waals surface area contributed by atoms with Crippen molar-refractivity contribution in [2.45, 2.75) is 5.33 Å². The van der Waals surface area contributed by atoms with Crippen LogP contribution in [0, 0.1) is 23.2 Å². The van der Waals surface area contributed by atoms with Gasteiger partial charge in [-0.15, -0.1) is 0 Å². The lowest BCUT2D eigenvalue weighted by Gasteiger charge is -1.99. The monoisotopic (exact) mass is 262 g/mol. The number of amides is 1. The molecule has 0 spiro atoms. The van der Waals surface area contributed by atoms with Crippen molar-refractivity contribution in [2.24, 2.45) is 5.73 Å². The van der Waals surface area contributed by atoms with Crippen LogP contribution in [0.3, 0.4) is 0 Å². The van der Waals surface area contributed by atoms with Gasteiger partial charge in [-0.1, -0.05) is 27.9 Å². The van der Waals surface area contributed by atoms with Gasteiger partial charge in [0.1, 0.15) is 0 Å². The quantitative estimate of drug-likeness (QED) is 0.612. The van der Waals surface area contributed by atoms with Crippen molar-refractivity contribution in [3.05, 3.63) is 34.9 Å². The summed E-state index contributed by atoms with van der Waals surface area (Å²) in [5.41, 5.74) is 6.98. The predicted molar refractivity (Wildman–Crippen MR) is 59.9 cm³/mol. The summed E-state index contributed by atoms with van der Waals surface area (Å²) in [6, 6.07) is 7.13. The number of rotatable bonds is 1. The molecule has 15 heavy (non-hydrogen) atoms. The summed E-state index contributed by atoms with van der Waals surface area (Å²) in [6.45, 7) is 0. The highest BCUT2D eigenvalue weighted by atomic mass is 79.9. The molecule has 0 fully saturated rings. The highest BCUT2D eigenvalue weighted by Crippen LogP contribution is 2.13. The van der Waals surface area contributed by atoms with Crippen molar-refractivity contribution < 1.29 is 4.79 Å². The second-order valence-corrected chi connectivity index (χ2v) is 3.29. The molecule has 0 radical (unpaired) electrons. The number of nitriles is 1. The number of hydrogen-bond acceptors (Lipinski definition) is 2. The van der Waals surface area contributed by atoms with E-state index in [9.17, 15) is 4.79 Å². The van der Waals surface area contributed by atoms with E-state index in [0.29, 0.717) is 16.5 Å². The Labute approximate surface area is 96.0 Å². The van der Waals surface area contributed by atoms with Crippen LogP contribution in [-0.4, -0.2) is 5.91 Å². The molecular formula is C11H7BrN2O. The molecule has 1 amide bonds. The van der Waals surface area contributed by atoms with Crippen LogP contribution < -0.4 is 5.73 Å². The third-order valence-electron chi connectivity index (χ3n) is 1.70. The van der Waals surface area contributed by atoms with Crippen molar-refractivity contribution in [3.63, 3.8) is 0 Å². The number of nitrogens with two attached hydrogens (primary N) is 1. The Morgan fingerprint density at radius 2 is 2.27 bits per heavy atom. The van der Waals surface area contributed by atoms with Crippen LogP contribution in [-0.2, 0) is 10.1 Å². The highest BCUT2D eigenvalue weighted by molar-refractivity contribution is 9.08. The first-order chi connectivity index (χ1) is 7.17. The normalized spacial score (nSPS) is 8.53. The zero-order valence-corrected chi connectivity index (χ0v) is 9.34. The fourth-order valence-electron chi connectivity index (χ4n) is 1.01. The van der Waals surface area contributed by atoms with Gasteiger partial charge in [-0.2, -0.15) is 5.26 Å². The van der Waals surface area contributed by atoms with Gasteiger partial charge < -0.3 is 5.73 Å². The van der Waals surface area contributed by atoms with Crippen LogP contribution >= 0.6 is 15.9 Å². The Hall–Kier alpha value is -1.78. The molecule has 0 aliphatic rings. The Morgan fingerprint density at radius 3 is 2.80 bits per heavy atom. The van der Waals surface area contributed by atoms with Crippen LogP contribution in [0.4, 0.5) is 0 Å². The standard InChI is InChI=1S/C11H7BrN2O/c12-6-10-2-1-8(7-13)5-9(10)3-4-11(14)15/h1-2,5H,6H2,(H2,14,15). The van der Waals surface area contributed by atoms with Gasteiger partial charge in [0.15, 0.2) is 0 Å². The lowest BCUT2D eigenvalue weighted by molar-refractivity contribution is -0.112. The minimum Gasteiger partial charge on any atom is -0.359 e. The first-order valence-electron chi connectivity index (χ1n) is 4.08. The van der Waals surface area contributed by atoms with Gasteiger partial charge in [0.25, 0.3) is 5.91 Å². The third-order valence-corrected chi connectivity index (χ3v) is 2.31. The first-order valence-corrected chi connectivity index (χ1v) is 5.20. The highest BCUT2D eigenvalue weighted by Gasteiger charge is 2.00. The first kappa shape index (κ1) is 11.3. The van der Waals surface area contributed by atoms with Gasteiger partial charge >= 0.3 is 0 Å². The van der Waals surface area contributed by atoms with E-state index in [0.717, 1.165) is 5.56 Å². The average molecular weight is 263 g/mol. The number of carbonyl (C=O) groups excluding carboxylic acids is 1. The predicted octanol–water partition coefficient (Wildman–Crippen LogP) is 1.29. The molecule has 0 bridgehead atoms. The maximum Gasteiger partial charge on any atom is 0.293 e. The summed E-state index contributed by atoms with van der Waals surface area (Å²) in [6.07, 6.45) is 0. The molecule has 1 aromatic carbocycles. The summed E-state index contributed by atoms with van der Waals surface area (Å²) in [4.78, 5) is 10.5. The Morgan fingerprint density at radius 1 is 1.53 bits per heavy atom. The van der Waals surface area contributed by atoms with Gasteiger partial charge in [-0.25, -0.2) is 0 Å². The summed E-state index contributed by atoms with van der Waals surface area (Å²) >= 11 is 3.29. The fourth-order valence-corrected chi connectivity index (χ4v) is 1.50. The maximum atomic E-state index is 10.5. The van der Waals surface area contributed by atoms with Crippen LogP contribution in [0.25, 0.3) is 0 Å². The summed E-state index contributed by atoms with van der Waals surface area (Å²) < 4.78 is 0. The van der Waals surface area contributed by atoms with Crippen LogP contribution in [0.2, 0.25) is 0 Å². The van der Waals surface area contributed by atoms with Gasteiger partial charge in [-0.05, 0) is 23.6 Å². The van der Waals surface area contributed by atoms with Gasteiger partial charge in [0, 0.05) is 10.9 Å². The van der Waals surface area contributed by atoms with Crippen molar-refractivity contribution in [1.29, 1.82) is 5.26 Å². The van der Waals surface area contributed by atoms with E-state index in [1.165, 1.54) is 0 Å². The molecule has 0 aromatic heterocycles. The number of hydrogen-bond donors (Lipinski definition) is 1. The van der Waals surface area contributed by atoms with Gasteiger partial charge in [0.2, 0.25) is 0 Å². The molecule has 74 valence electrons. The summed E-state index contributed by atoms with van der Waals surface area (Å²) in [5.74, 6) is 4.20. The SMILES string of the molecule is N#Cc1ccc(CBr)c(C#CC(N)=O)c1. The van der Waals surface area contributed by atoms with Gasteiger partial charge in [0.05, 0.1) is 11.6 Å². The smallest absolute Gasteiger partial charge is 0.293 e. The number of benzene rings is 1. The van der Waals surface area contributed by atoms with Crippen molar-refractivity contribution in [1.82, 2.24) is 0 Å². The molecule has 1 rings (SSSR count). The average Bonchev–Trinajstić information content (AvgIpc) is 2.25. The minimum atomic E-state index is -0.683. The molecule has 2 N–H and O–H groups in total. The molecule has 0 heterocycles. The molecule has 0 aliphatic carbocycles. The summed E-state index contributed by atoms with van der Waals surface area (Å²) in [5, 5.41) is 9.31. The number of nitrogens with zero attached hydrogens (tertiary/aromatic N) is 1. The number of primary amides is 1. The molecule has 0 atom stereocenters. The number of halogens is 1. The lowest BCUT2D eigenvalue weighted by Crippen LogP contribution is -2.06.